The first kappa shape index (κ1) is 15.4. The highest BCUT2D eigenvalue weighted by molar-refractivity contribution is 7.03. The monoisotopic (exact) mass is 402 g/mol. The molecule has 0 spiro atoms. The van der Waals surface area contributed by atoms with Gasteiger partial charge in [0.1, 0.15) is 8.07 Å². The van der Waals surface area contributed by atoms with Gasteiger partial charge in [-0.1, -0.05) is 49.5 Å². The van der Waals surface area contributed by atoms with Crippen LogP contribution in [-0.4, -0.2) is 17.5 Å². The van der Waals surface area contributed by atoms with Crippen LogP contribution >= 0.6 is 0 Å². The molecule has 0 bridgehead atoms. The van der Waals surface area contributed by atoms with E-state index in [1.165, 1.54) is 65.2 Å². The Hall–Kier alpha value is -3.50. The van der Waals surface area contributed by atoms with Gasteiger partial charge in [0.25, 0.3) is 0 Å². The van der Waals surface area contributed by atoms with E-state index < -0.39 is 8.07 Å². The van der Waals surface area contributed by atoms with Gasteiger partial charge in [0, 0.05) is 44.1 Å². The molecule has 1 N–H and O–H groups in total. The molecule has 4 aromatic heterocycles. The van der Waals surface area contributed by atoms with Crippen LogP contribution in [-0.2, 0) is 0 Å². The van der Waals surface area contributed by atoms with E-state index in [0.717, 1.165) is 5.58 Å². The molecule has 30 heavy (non-hydrogen) atoms. The van der Waals surface area contributed by atoms with Crippen LogP contribution in [0.25, 0.3) is 60.3 Å². The Morgan fingerprint density at radius 1 is 0.833 bits per heavy atom. The Balaban J connectivity index is 1.87. The minimum Gasteiger partial charge on any atom is -0.462 e. The zero-order valence-corrected chi connectivity index (χ0v) is 17.7. The fourth-order valence-corrected chi connectivity index (χ4v) is 9.49. The number of nitrogens with one attached hydrogen (secondary N) is 1. The Labute approximate surface area is 172 Å². The minimum atomic E-state index is -1.94. The number of hydrogen-bond donors (Lipinski definition) is 1. The first-order valence-electron chi connectivity index (χ1n) is 10.5. The van der Waals surface area contributed by atoms with Crippen molar-refractivity contribution in [1.82, 2.24) is 9.38 Å². The lowest BCUT2D eigenvalue weighted by Gasteiger charge is -2.19. The highest BCUT2D eigenvalue weighted by atomic mass is 28.3. The van der Waals surface area contributed by atoms with Crippen molar-refractivity contribution < 1.29 is 4.42 Å². The molecule has 0 saturated carbocycles. The lowest BCUT2D eigenvalue weighted by atomic mass is 10.00. The largest absolute Gasteiger partial charge is 0.462 e. The van der Waals surface area contributed by atoms with Gasteiger partial charge >= 0.3 is 0 Å². The predicted octanol–water partition coefficient (Wildman–Crippen LogP) is 5.71. The molecule has 3 aromatic carbocycles. The summed E-state index contributed by atoms with van der Waals surface area (Å²) >= 11 is 0. The fraction of sp³-hybridized carbons (Fsp3) is 0.0769. The third-order valence-corrected chi connectivity index (χ3v) is 10.7. The average molecular weight is 403 g/mol. The maximum atomic E-state index is 6.03. The van der Waals surface area contributed by atoms with Crippen molar-refractivity contribution in [2.45, 2.75) is 13.1 Å². The summed E-state index contributed by atoms with van der Waals surface area (Å²) in [6, 6.07) is 22.3. The molecule has 142 valence electrons. The van der Waals surface area contributed by atoms with E-state index in [0.29, 0.717) is 0 Å². The summed E-state index contributed by atoms with van der Waals surface area (Å²) in [5, 5.41) is 8.23. The number of rotatable bonds is 0. The van der Waals surface area contributed by atoms with Crippen LogP contribution in [0.4, 0.5) is 0 Å². The molecule has 0 unspecified atom stereocenters. The zero-order valence-electron chi connectivity index (χ0n) is 16.7. The molecular formula is C26H18N2OSi. The third-order valence-electron chi connectivity index (χ3n) is 7.31. The molecule has 1 aliphatic rings. The quantitative estimate of drug-likeness (QED) is 0.324. The number of benzene rings is 3. The number of aromatic nitrogens is 2. The molecule has 0 radical (unpaired) electrons. The summed E-state index contributed by atoms with van der Waals surface area (Å²) in [6.45, 7) is 4.99. The van der Waals surface area contributed by atoms with Crippen LogP contribution in [0.2, 0.25) is 13.1 Å². The topological polar surface area (TPSA) is 33.3 Å². The molecule has 0 atom stereocenters. The van der Waals surface area contributed by atoms with Gasteiger partial charge in [-0.3, -0.25) is 0 Å². The lowest BCUT2D eigenvalue weighted by Crippen LogP contribution is -2.51. The van der Waals surface area contributed by atoms with Crippen LogP contribution in [0.15, 0.2) is 71.3 Å². The Bertz CT molecular complexity index is 1830. The standard InChI is InChI=1S/C26H18N2OSi/c1-30(2)20-9-4-3-6-14(20)21-15-7-5-8-17-22(15)23-18(27-17)11-10-16-24(23)28(26(21)30)19-12-13-29-25(16)19/h3-13,27H,1-2H3. The molecule has 8 rings (SSSR count). The highest BCUT2D eigenvalue weighted by Crippen LogP contribution is 2.44. The number of furan rings is 1. The molecule has 3 nitrogen and oxygen atoms in total. The van der Waals surface area contributed by atoms with Crippen molar-refractivity contribution in [3.8, 4) is 11.1 Å². The number of hydrogen-bond acceptors (Lipinski definition) is 1. The fourth-order valence-electron chi connectivity index (χ4n) is 6.15. The number of H-pyrrole nitrogens is 1. The molecular weight excluding hydrogens is 384 g/mol. The van der Waals surface area contributed by atoms with Crippen LogP contribution < -0.4 is 10.5 Å². The zero-order chi connectivity index (χ0) is 19.8. The van der Waals surface area contributed by atoms with E-state index in [-0.39, 0.29) is 0 Å². The highest BCUT2D eigenvalue weighted by Gasteiger charge is 2.41. The van der Waals surface area contributed by atoms with E-state index in [1.54, 1.807) is 0 Å². The first-order chi connectivity index (χ1) is 14.7. The van der Waals surface area contributed by atoms with Crippen molar-refractivity contribution in [1.29, 1.82) is 0 Å². The van der Waals surface area contributed by atoms with Crippen LogP contribution in [0.1, 0.15) is 0 Å². The molecule has 5 heterocycles. The SMILES string of the molecule is C[Si]1(C)c2ccccc2-c2c1n1c3ccoc3c3ccc4[nH]c5cccc2c5c4c31. The van der Waals surface area contributed by atoms with Gasteiger partial charge in [-0.2, -0.15) is 0 Å². The van der Waals surface area contributed by atoms with Gasteiger partial charge in [0.2, 0.25) is 0 Å². The third kappa shape index (κ3) is 1.45. The maximum Gasteiger partial charge on any atom is 0.159 e. The number of fused-ring (bicyclic) bond motifs is 8. The Morgan fingerprint density at radius 3 is 2.63 bits per heavy atom. The summed E-state index contributed by atoms with van der Waals surface area (Å²) in [5.74, 6) is 0. The summed E-state index contributed by atoms with van der Waals surface area (Å²) in [4.78, 5) is 3.68. The Kier molecular flexibility index (Phi) is 2.37. The molecule has 4 heteroatoms. The van der Waals surface area contributed by atoms with Gasteiger partial charge in [-0.15, -0.1) is 0 Å². The van der Waals surface area contributed by atoms with E-state index >= 15 is 0 Å². The predicted molar refractivity (Wildman–Crippen MR) is 127 cm³/mol. The second-order valence-corrected chi connectivity index (χ2v) is 13.4. The summed E-state index contributed by atoms with van der Waals surface area (Å²) in [6.07, 6.45) is 1.83. The van der Waals surface area contributed by atoms with Gasteiger partial charge in [0.15, 0.2) is 5.58 Å². The van der Waals surface area contributed by atoms with Crippen molar-refractivity contribution in [3.63, 3.8) is 0 Å². The number of nitrogens with zero attached hydrogens (tertiary/aromatic N) is 1. The number of aromatic amines is 1. The summed E-state index contributed by atoms with van der Waals surface area (Å²) in [5.41, 5.74) is 8.67. The molecule has 0 fully saturated rings. The van der Waals surface area contributed by atoms with Gasteiger partial charge < -0.3 is 13.8 Å². The van der Waals surface area contributed by atoms with E-state index in [1.807, 2.05) is 6.26 Å². The molecule has 0 amide bonds. The van der Waals surface area contributed by atoms with E-state index in [2.05, 4.69) is 83.1 Å². The molecule has 0 aliphatic carbocycles. The van der Waals surface area contributed by atoms with Crippen LogP contribution in [0.5, 0.6) is 0 Å². The molecule has 7 aromatic rings. The van der Waals surface area contributed by atoms with Gasteiger partial charge in [-0.25, -0.2) is 0 Å². The van der Waals surface area contributed by atoms with Crippen molar-refractivity contribution in [2.24, 2.45) is 0 Å². The van der Waals surface area contributed by atoms with Crippen LogP contribution in [0, 0.1) is 0 Å². The lowest BCUT2D eigenvalue weighted by molar-refractivity contribution is 0.619. The summed E-state index contributed by atoms with van der Waals surface area (Å²) < 4.78 is 8.57. The van der Waals surface area contributed by atoms with Crippen molar-refractivity contribution in [2.75, 3.05) is 0 Å². The van der Waals surface area contributed by atoms with E-state index in [9.17, 15) is 0 Å². The van der Waals surface area contributed by atoms with Crippen molar-refractivity contribution >= 4 is 67.8 Å². The Morgan fingerprint density at radius 2 is 1.70 bits per heavy atom. The second kappa shape index (κ2) is 4.63. The summed E-state index contributed by atoms with van der Waals surface area (Å²) in [7, 11) is -1.94. The molecule has 0 saturated heterocycles. The smallest absolute Gasteiger partial charge is 0.159 e. The maximum absolute atomic E-state index is 6.03. The molecule has 1 aliphatic heterocycles. The minimum absolute atomic E-state index is 0.994. The average Bonchev–Trinajstić information content (AvgIpc) is 3.45. The van der Waals surface area contributed by atoms with Crippen molar-refractivity contribution in [3.05, 3.63) is 66.9 Å². The first-order valence-corrected chi connectivity index (χ1v) is 13.5. The van der Waals surface area contributed by atoms with Crippen LogP contribution in [0.3, 0.4) is 0 Å². The van der Waals surface area contributed by atoms with Gasteiger partial charge in [-0.05, 0) is 34.3 Å². The second-order valence-electron chi connectivity index (χ2n) is 9.10. The van der Waals surface area contributed by atoms with E-state index in [4.69, 9.17) is 4.42 Å². The van der Waals surface area contributed by atoms with Gasteiger partial charge in [0.05, 0.1) is 17.3 Å². The normalized spacial score (nSPS) is 15.3.